The molecule has 0 unspecified atom stereocenters. The highest BCUT2D eigenvalue weighted by atomic mass is 19.1. The van der Waals surface area contributed by atoms with Crippen molar-refractivity contribution >= 4 is 11.9 Å². The van der Waals surface area contributed by atoms with E-state index in [2.05, 4.69) is 0 Å². The summed E-state index contributed by atoms with van der Waals surface area (Å²) in [4.78, 5) is 22.0. The second kappa shape index (κ2) is 3.64. The van der Waals surface area contributed by atoms with E-state index in [1.165, 1.54) is 0 Å². The number of halogens is 1. The lowest BCUT2D eigenvalue weighted by Crippen LogP contribution is -2.45. The van der Waals surface area contributed by atoms with Gasteiger partial charge >= 0.3 is 11.9 Å². The molecule has 2 rings (SSSR count). The van der Waals surface area contributed by atoms with Gasteiger partial charge in [-0.2, -0.15) is 0 Å². The van der Waals surface area contributed by atoms with Crippen molar-refractivity contribution in [3.05, 3.63) is 0 Å². The molecular weight excluding hydrogens is 247 g/mol. The molecule has 3 atom stereocenters. The molecule has 1 aliphatic heterocycles. The summed E-state index contributed by atoms with van der Waals surface area (Å²) < 4.78 is 29.8. The number of carboxylic acid groups (broad SMARTS) is 1. The van der Waals surface area contributed by atoms with Gasteiger partial charge < -0.3 is 19.3 Å². The fourth-order valence-corrected chi connectivity index (χ4v) is 2.30. The highest BCUT2D eigenvalue weighted by Crippen LogP contribution is 2.59. The zero-order valence-corrected chi connectivity index (χ0v) is 10.4. The molecule has 0 aromatic carbocycles. The lowest BCUT2D eigenvalue weighted by molar-refractivity contribution is -0.183. The number of ether oxygens (including phenoxy) is 3. The van der Waals surface area contributed by atoms with Crippen LogP contribution in [-0.4, -0.2) is 46.8 Å². The molecule has 0 aromatic heterocycles. The fraction of sp³-hybridized carbons (Fsp3) is 0.818. The Hall–Kier alpha value is -1.21. The van der Waals surface area contributed by atoms with Crippen molar-refractivity contribution in [3.63, 3.8) is 0 Å². The standard InChI is InChI=1S/C11H15FO6/c1-6(13)17-11(5-10(11,12)8(14)15)7-4-16-9(2,3)18-7/h7H,4-5H2,1-3H3,(H,14,15)/t7-,10+,11-/m1/s1. The molecule has 0 amide bonds. The first-order valence-corrected chi connectivity index (χ1v) is 5.57. The van der Waals surface area contributed by atoms with Gasteiger partial charge in [0.1, 0.15) is 6.10 Å². The Bertz CT molecular complexity index is 408. The van der Waals surface area contributed by atoms with E-state index < -0.39 is 41.5 Å². The smallest absolute Gasteiger partial charge is 0.346 e. The minimum Gasteiger partial charge on any atom is -0.479 e. The van der Waals surface area contributed by atoms with E-state index in [9.17, 15) is 14.0 Å². The number of esters is 1. The van der Waals surface area contributed by atoms with Crippen LogP contribution in [0.4, 0.5) is 4.39 Å². The van der Waals surface area contributed by atoms with Crippen LogP contribution in [0, 0.1) is 0 Å². The van der Waals surface area contributed by atoms with Gasteiger partial charge in [-0.05, 0) is 13.8 Å². The fourth-order valence-electron chi connectivity index (χ4n) is 2.30. The molecule has 0 spiro atoms. The molecule has 102 valence electrons. The van der Waals surface area contributed by atoms with Crippen LogP contribution in [0.1, 0.15) is 27.2 Å². The molecule has 0 bridgehead atoms. The molecule has 7 heteroatoms. The molecular formula is C11H15FO6. The van der Waals surface area contributed by atoms with Crippen LogP contribution >= 0.6 is 0 Å². The van der Waals surface area contributed by atoms with Crippen LogP contribution in [0.15, 0.2) is 0 Å². The van der Waals surface area contributed by atoms with Gasteiger partial charge in [0.25, 0.3) is 5.67 Å². The summed E-state index contributed by atoms with van der Waals surface area (Å²) in [6, 6.07) is 0. The largest absolute Gasteiger partial charge is 0.479 e. The third-order valence-corrected chi connectivity index (χ3v) is 3.25. The zero-order chi connectivity index (χ0) is 13.8. The quantitative estimate of drug-likeness (QED) is 0.751. The second-order valence-electron chi connectivity index (χ2n) is 5.08. The first-order chi connectivity index (χ1) is 8.13. The highest BCUT2D eigenvalue weighted by Gasteiger charge is 2.82. The normalized spacial score (nSPS) is 41.4. The molecule has 18 heavy (non-hydrogen) atoms. The third-order valence-electron chi connectivity index (χ3n) is 3.25. The van der Waals surface area contributed by atoms with Gasteiger partial charge in [-0.25, -0.2) is 9.18 Å². The van der Waals surface area contributed by atoms with E-state index in [0.29, 0.717) is 0 Å². The molecule has 2 fully saturated rings. The molecule has 6 nitrogen and oxygen atoms in total. The van der Waals surface area contributed by atoms with E-state index in [0.717, 1.165) is 6.92 Å². The van der Waals surface area contributed by atoms with Crippen molar-refractivity contribution < 1.29 is 33.3 Å². The maximum absolute atomic E-state index is 14.2. The predicted molar refractivity (Wildman–Crippen MR) is 55.5 cm³/mol. The van der Waals surface area contributed by atoms with Crippen LogP contribution in [0.3, 0.4) is 0 Å². The summed E-state index contributed by atoms with van der Waals surface area (Å²) in [6.45, 7) is 4.33. The van der Waals surface area contributed by atoms with Crippen molar-refractivity contribution in [2.24, 2.45) is 0 Å². The van der Waals surface area contributed by atoms with Crippen LogP contribution in [0.2, 0.25) is 0 Å². The summed E-state index contributed by atoms with van der Waals surface area (Å²) in [7, 11) is 0. The molecule has 0 radical (unpaired) electrons. The third kappa shape index (κ3) is 1.78. The predicted octanol–water partition coefficient (Wildman–Crippen LogP) is 0.636. The molecule has 1 N–H and O–H groups in total. The maximum Gasteiger partial charge on any atom is 0.346 e. The molecule has 1 aliphatic carbocycles. The Balaban J connectivity index is 2.24. The number of aliphatic carboxylic acids is 1. The second-order valence-corrected chi connectivity index (χ2v) is 5.08. The number of carbonyl (C=O) groups excluding carboxylic acids is 1. The summed E-state index contributed by atoms with van der Waals surface area (Å²) in [5.74, 6) is -3.35. The van der Waals surface area contributed by atoms with Crippen molar-refractivity contribution in [1.29, 1.82) is 0 Å². The van der Waals surface area contributed by atoms with E-state index >= 15 is 0 Å². The Labute approximate surface area is 103 Å². The number of alkyl halides is 1. The average Bonchev–Trinajstić information content (AvgIpc) is 2.63. The number of carboxylic acids is 1. The monoisotopic (exact) mass is 262 g/mol. The summed E-state index contributed by atoms with van der Waals surface area (Å²) in [6.07, 6.45) is -1.34. The van der Waals surface area contributed by atoms with Gasteiger partial charge in [-0.3, -0.25) is 4.79 Å². The summed E-state index contributed by atoms with van der Waals surface area (Å²) in [5.41, 5.74) is -4.38. The minimum atomic E-state index is -2.60. The maximum atomic E-state index is 14.2. The number of carbonyl (C=O) groups is 2. The highest BCUT2D eigenvalue weighted by molar-refractivity contribution is 5.86. The van der Waals surface area contributed by atoms with Crippen molar-refractivity contribution in [2.75, 3.05) is 6.61 Å². The summed E-state index contributed by atoms with van der Waals surface area (Å²) in [5, 5.41) is 8.89. The molecule has 1 saturated heterocycles. The zero-order valence-electron chi connectivity index (χ0n) is 10.4. The van der Waals surface area contributed by atoms with Crippen molar-refractivity contribution in [1.82, 2.24) is 0 Å². The first-order valence-electron chi connectivity index (χ1n) is 5.57. The van der Waals surface area contributed by atoms with Gasteiger partial charge in [0, 0.05) is 13.3 Å². The lowest BCUT2D eigenvalue weighted by atomic mass is 10.1. The average molecular weight is 262 g/mol. The van der Waals surface area contributed by atoms with Crippen LogP contribution in [-0.2, 0) is 23.8 Å². The van der Waals surface area contributed by atoms with E-state index in [1.807, 2.05) is 0 Å². The Morgan fingerprint density at radius 2 is 2.06 bits per heavy atom. The van der Waals surface area contributed by atoms with Gasteiger partial charge in [-0.1, -0.05) is 0 Å². The number of rotatable bonds is 3. The topological polar surface area (TPSA) is 82.1 Å². The first kappa shape index (κ1) is 13.2. The van der Waals surface area contributed by atoms with Crippen LogP contribution in [0.5, 0.6) is 0 Å². The van der Waals surface area contributed by atoms with E-state index in [1.54, 1.807) is 13.8 Å². The summed E-state index contributed by atoms with van der Waals surface area (Å²) >= 11 is 0. The minimum absolute atomic E-state index is 0.0147. The Morgan fingerprint density at radius 3 is 2.39 bits per heavy atom. The van der Waals surface area contributed by atoms with Crippen molar-refractivity contribution in [3.8, 4) is 0 Å². The SMILES string of the molecule is CC(=O)O[C@@]1([C@H]2COC(C)(C)O2)C[C@]1(F)C(=O)O. The van der Waals surface area contributed by atoms with Crippen LogP contribution in [0.25, 0.3) is 0 Å². The van der Waals surface area contributed by atoms with Gasteiger partial charge in [0.15, 0.2) is 11.4 Å². The molecule has 2 aliphatic rings. The Morgan fingerprint density at radius 1 is 1.44 bits per heavy atom. The van der Waals surface area contributed by atoms with Crippen LogP contribution < -0.4 is 0 Å². The number of hydrogen-bond donors (Lipinski definition) is 1. The van der Waals surface area contributed by atoms with E-state index in [4.69, 9.17) is 19.3 Å². The molecule has 0 aromatic rings. The van der Waals surface area contributed by atoms with Gasteiger partial charge in [0.2, 0.25) is 0 Å². The molecule has 1 heterocycles. The molecule has 1 saturated carbocycles. The van der Waals surface area contributed by atoms with Crippen molar-refractivity contribution in [2.45, 2.75) is 50.4 Å². The number of hydrogen-bond acceptors (Lipinski definition) is 5. The van der Waals surface area contributed by atoms with E-state index in [-0.39, 0.29) is 6.61 Å². The lowest BCUT2D eigenvalue weighted by Gasteiger charge is -2.25. The van der Waals surface area contributed by atoms with Gasteiger partial charge in [-0.15, -0.1) is 0 Å². The Kier molecular flexibility index (Phi) is 2.68. The van der Waals surface area contributed by atoms with Gasteiger partial charge in [0.05, 0.1) is 6.61 Å².